The van der Waals surface area contributed by atoms with Gasteiger partial charge in [0.25, 0.3) is 6.43 Å². The zero-order valence-corrected chi connectivity index (χ0v) is 9.62. The zero-order valence-electron chi connectivity index (χ0n) is 9.62. The summed E-state index contributed by atoms with van der Waals surface area (Å²) in [4.78, 5) is 24.4. The Hall–Kier alpha value is -1.24. The molecule has 1 atom stereocenters. The van der Waals surface area contributed by atoms with Crippen LogP contribution < -0.4 is 5.32 Å². The lowest BCUT2D eigenvalue weighted by molar-refractivity contribution is -0.133. The van der Waals surface area contributed by atoms with Gasteiger partial charge in [-0.25, -0.2) is 8.78 Å². The number of nitrogens with zero attached hydrogens (tertiary/aromatic N) is 1. The van der Waals surface area contributed by atoms with Crippen LogP contribution in [0.25, 0.3) is 0 Å². The first kappa shape index (κ1) is 13.8. The molecular weight excluding hydrogens is 234 g/mol. The van der Waals surface area contributed by atoms with E-state index in [0.717, 1.165) is 0 Å². The van der Waals surface area contributed by atoms with E-state index in [4.69, 9.17) is 4.74 Å². The summed E-state index contributed by atoms with van der Waals surface area (Å²) >= 11 is 0. The highest BCUT2D eigenvalue weighted by Crippen LogP contribution is 2.03. The second-order valence-corrected chi connectivity index (χ2v) is 3.83. The van der Waals surface area contributed by atoms with Gasteiger partial charge in [0.1, 0.15) is 12.6 Å². The summed E-state index contributed by atoms with van der Waals surface area (Å²) < 4.78 is 28.3. The van der Waals surface area contributed by atoms with Crippen LogP contribution in [0.2, 0.25) is 0 Å². The van der Waals surface area contributed by atoms with Gasteiger partial charge >= 0.3 is 0 Å². The predicted molar refractivity (Wildman–Crippen MR) is 55.6 cm³/mol. The lowest BCUT2D eigenvalue weighted by Gasteiger charge is -2.21. The first-order valence-electron chi connectivity index (χ1n) is 5.44. The second kappa shape index (κ2) is 6.48. The fourth-order valence-electron chi connectivity index (χ4n) is 1.57. The molecule has 0 aromatic rings. The molecule has 0 aromatic heterocycles. The average molecular weight is 250 g/mol. The maximum Gasteiger partial charge on any atom is 0.261 e. The molecule has 0 spiro atoms. The SMILES string of the molecule is CC1NC(=O)CCN(CCOCC(F)F)C1=O. The summed E-state index contributed by atoms with van der Waals surface area (Å²) in [6.07, 6.45) is -2.28. The summed E-state index contributed by atoms with van der Waals surface area (Å²) in [6, 6.07) is -0.569. The number of carbonyl (C=O) groups excluding carboxylic acids is 2. The first-order valence-corrected chi connectivity index (χ1v) is 5.44. The smallest absolute Gasteiger partial charge is 0.261 e. The van der Waals surface area contributed by atoms with Crippen molar-refractivity contribution in [1.82, 2.24) is 10.2 Å². The van der Waals surface area contributed by atoms with Crippen LogP contribution in [-0.2, 0) is 14.3 Å². The molecular formula is C10H16F2N2O3. The van der Waals surface area contributed by atoms with Gasteiger partial charge in [0.15, 0.2) is 0 Å². The average Bonchev–Trinajstić information content (AvgIpc) is 2.36. The normalized spacial score (nSPS) is 21.6. The molecule has 5 nitrogen and oxygen atoms in total. The quantitative estimate of drug-likeness (QED) is 0.699. The molecule has 1 fully saturated rings. The van der Waals surface area contributed by atoms with Crippen molar-refractivity contribution >= 4 is 11.8 Å². The molecule has 0 aliphatic carbocycles. The topological polar surface area (TPSA) is 58.6 Å². The third-order valence-electron chi connectivity index (χ3n) is 2.42. The Labute approximate surface area is 98.1 Å². The van der Waals surface area contributed by atoms with Crippen molar-refractivity contribution in [1.29, 1.82) is 0 Å². The van der Waals surface area contributed by atoms with Crippen molar-refractivity contribution in [3.8, 4) is 0 Å². The van der Waals surface area contributed by atoms with Crippen LogP contribution in [0.4, 0.5) is 8.78 Å². The molecule has 1 aliphatic rings. The van der Waals surface area contributed by atoms with E-state index in [-0.39, 0.29) is 31.4 Å². The molecule has 1 heterocycles. The van der Waals surface area contributed by atoms with Crippen LogP contribution in [0.3, 0.4) is 0 Å². The van der Waals surface area contributed by atoms with E-state index in [1.807, 2.05) is 0 Å². The van der Waals surface area contributed by atoms with Gasteiger partial charge < -0.3 is 15.0 Å². The maximum absolute atomic E-state index is 11.8. The Morgan fingerprint density at radius 2 is 2.24 bits per heavy atom. The number of nitrogens with one attached hydrogen (secondary N) is 1. The van der Waals surface area contributed by atoms with Crippen molar-refractivity contribution in [2.75, 3.05) is 26.3 Å². The van der Waals surface area contributed by atoms with Crippen LogP contribution in [0.5, 0.6) is 0 Å². The number of rotatable bonds is 5. The maximum atomic E-state index is 11.8. The standard InChI is InChI=1S/C10H16F2N2O3/c1-7-10(16)14(3-2-9(15)13-7)4-5-17-6-8(11)12/h7-8H,2-6H2,1H3,(H,13,15). The highest BCUT2D eigenvalue weighted by atomic mass is 19.3. The largest absolute Gasteiger partial charge is 0.374 e. The minimum Gasteiger partial charge on any atom is -0.374 e. The van der Waals surface area contributed by atoms with Crippen molar-refractivity contribution < 1.29 is 23.1 Å². The van der Waals surface area contributed by atoms with Crippen LogP contribution in [0, 0.1) is 0 Å². The van der Waals surface area contributed by atoms with E-state index in [1.165, 1.54) is 4.90 Å². The lowest BCUT2D eigenvalue weighted by Crippen LogP contribution is -2.43. The number of alkyl halides is 2. The number of hydrogen-bond acceptors (Lipinski definition) is 3. The van der Waals surface area contributed by atoms with Crippen LogP contribution >= 0.6 is 0 Å². The predicted octanol–water partition coefficient (Wildman–Crippen LogP) is 0.00510. The summed E-state index contributed by atoms with van der Waals surface area (Å²) in [5.41, 5.74) is 0. The molecule has 1 unspecified atom stereocenters. The summed E-state index contributed by atoms with van der Waals surface area (Å²) in [7, 11) is 0. The van der Waals surface area contributed by atoms with Crippen LogP contribution in [0.15, 0.2) is 0 Å². The number of halogens is 2. The lowest BCUT2D eigenvalue weighted by atomic mass is 10.3. The minimum atomic E-state index is -2.50. The van der Waals surface area contributed by atoms with E-state index >= 15 is 0 Å². The zero-order chi connectivity index (χ0) is 12.8. The molecule has 2 amide bonds. The highest BCUT2D eigenvalue weighted by molar-refractivity contribution is 5.89. The van der Waals surface area contributed by atoms with E-state index in [0.29, 0.717) is 6.54 Å². The Bertz CT molecular complexity index is 287. The van der Waals surface area contributed by atoms with Crippen LogP contribution in [-0.4, -0.2) is 55.5 Å². The molecule has 1 N–H and O–H groups in total. The number of carbonyl (C=O) groups is 2. The van der Waals surface area contributed by atoms with E-state index < -0.39 is 19.1 Å². The summed E-state index contributed by atoms with van der Waals surface area (Å²) in [5, 5.41) is 2.54. The van der Waals surface area contributed by atoms with Gasteiger partial charge in [-0.05, 0) is 6.92 Å². The molecule has 0 aromatic carbocycles. The fourth-order valence-corrected chi connectivity index (χ4v) is 1.57. The minimum absolute atomic E-state index is 0.0526. The molecule has 0 radical (unpaired) electrons. The van der Waals surface area contributed by atoms with E-state index in [1.54, 1.807) is 6.92 Å². The molecule has 0 bridgehead atoms. The molecule has 7 heteroatoms. The van der Waals surface area contributed by atoms with Gasteiger partial charge in [0.2, 0.25) is 11.8 Å². The summed E-state index contributed by atoms with van der Waals surface area (Å²) in [5.74, 6) is -0.390. The van der Waals surface area contributed by atoms with E-state index in [2.05, 4.69) is 5.32 Å². The third kappa shape index (κ3) is 4.64. The van der Waals surface area contributed by atoms with Gasteiger partial charge in [0.05, 0.1) is 6.61 Å². The Morgan fingerprint density at radius 3 is 2.88 bits per heavy atom. The number of hydrogen-bond donors (Lipinski definition) is 1. The number of ether oxygens (including phenoxy) is 1. The van der Waals surface area contributed by atoms with Gasteiger partial charge in [-0.15, -0.1) is 0 Å². The molecule has 0 saturated carbocycles. The Morgan fingerprint density at radius 1 is 1.53 bits per heavy atom. The van der Waals surface area contributed by atoms with Crippen molar-refractivity contribution in [2.45, 2.75) is 25.8 Å². The number of amides is 2. The molecule has 1 aliphatic heterocycles. The second-order valence-electron chi connectivity index (χ2n) is 3.83. The summed E-state index contributed by atoms with van der Waals surface area (Å²) in [6.45, 7) is 1.54. The van der Waals surface area contributed by atoms with Crippen LogP contribution in [0.1, 0.15) is 13.3 Å². The van der Waals surface area contributed by atoms with E-state index in [9.17, 15) is 18.4 Å². The first-order chi connectivity index (χ1) is 8.00. The third-order valence-corrected chi connectivity index (χ3v) is 2.42. The molecule has 1 rings (SSSR count). The van der Waals surface area contributed by atoms with Crippen molar-refractivity contribution in [2.24, 2.45) is 0 Å². The Balaban J connectivity index is 2.35. The Kier molecular flexibility index (Phi) is 5.27. The molecule has 1 saturated heterocycles. The highest BCUT2D eigenvalue weighted by Gasteiger charge is 2.25. The van der Waals surface area contributed by atoms with Gasteiger partial charge in [-0.1, -0.05) is 0 Å². The molecule has 17 heavy (non-hydrogen) atoms. The van der Waals surface area contributed by atoms with Crippen molar-refractivity contribution in [3.05, 3.63) is 0 Å². The monoisotopic (exact) mass is 250 g/mol. The van der Waals surface area contributed by atoms with Gasteiger partial charge in [-0.3, -0.25) is 9.59 Å². The fraction of sp³-hybridized carbons (Fsp3) is 0.800. The molecule has 98 valence electrons. The van der Waals surface area contributed by atoms with Crippen molar-refractivity contribution in [3.63, 3.8) is 0 Å². The van der Waals surface area contributed by atoms with Gasteiger partial charge in [-0.2, -0.15) is 0 Å². The van der Waals surface area contributed by atoms with Gasteiger partial charge in [0, 0.05) is 19.5 Å².